The summed E-state index contributed by atoms with van der Waals surface area (Å²) in [6, 6.07) is 8.74. The van der Waals surface area contributed by atoms with Gasteiger partial charge >= 0.3 is 6.36 Å². The Labute approximate surface area is 176 Å². The van der Waals surface area contributed by atoms with E-state index in [-0.39, 0.29) is 28.7 Å². The quantitative estimate of drug-likeness (QED) is 0.622. The van der Waals surface area contributed by atoms with E-state index >= 15 is 0 Å². The normalized spacial score (nSPS) is 17.0. The Morgan fingerprint density at radius 1 is 1.10 bits per heavy atom. The van der Waals surface area contributed by atoms with E-state index in [4.69, 9.17) is 5.73 Å². The van der Waals surface area contributed by atoms with E-state index in [1.807, 2.05) is 0 Å². The summed E-state index contributed by atoms with van der Waals surface area (Å²) in [6.45, 7) is 0. The van der Waals surface area contributed by atoms with E-state index in [9.17, 15) is 26.4 Å². The maximum atomic E-state index is 12.6. The number of primary amides is 1. The first-order valence-electron chi connectivity index (χ1n) is 9.54. The van der Waals surface area contributed by atoms with Gasteiger partial charge in [0.15, 0.2) is 0 Å². The largest absolute Gasteiger partial charge is 0.573 e. The van der Waals surface area contributed by atoms with E-state index in [0.29, 0.717) is 34.9 Å². The van der Waals surface area contributed by atoms with Crippen molar-refractivity contribution >= 4 is 26.6 Å². The zero-order valence-electron chi connectivity index (χ0n) is 16.2. The first-order valence-corrected chi connectivity index (χ1v) is 11.4. The Bertz CT molecular complexity index is 1250. The van der Waals surface area contributed by atoms with Crippen molar-refractivity contribution in [1.29, 1.82) is 0 Å². The number of hydrogen-bond donors (Lipinski definition) is 2. The van der Waals surface area contributed by atoms with E-state index in [0.717, 1.165) is 5.56 Å². The Morgan fingerprint density at radius 3 is 2.45 bits per heavy atom. The van der Waals surface area contributed by atoms with Gasteiger partial charge in [0.05, 0.1) is 22.6 Å². The standard InChI is InChI=1S/C21H19F3N2O4S/c22-21(23,24)30-15-3-1-2-13(8-15)14-9-16-18(12-4-6-31(28,29)7-5-12)11-26-19(16)17(10-14)20(25)27/h1-3,8-12,26H,4-7H2,(H2,25,27). The van der Waals surface area contributed by atoms with E-state index in [1.165, 1.54) is 24.3 Å². The summed E-state index contributed by atoms with van der Waals surface area (Å²) in [5.74, 6) is -0.910. The van der Waals surface area contributed by atoms with Crippen LogP contribution in [-0.2, 0) is 9.84 Å². The van der Waals surface area contributed by atoms with Crippen molar-refractivity contribution in [3.05, 3.63) is 53.7 Å². The Morgan fingerprint density at radius 2 is 1.81 bits per heavy atom. The van der Waals surface area contributed by atoms with Gasteiger partial charge in [-0.1, -0.05) is 12.1 Å². The molecule has 10 heteroatoms. The second-order valence-corrected chi connectivity index (χ2v) is 9.86. The van der Waals surface area contributed by atoms with Gasteiger partial charge in [0.2, 0.25) is 0 Å². The number of alkyl halides is 3. The van der Waals surface area contributed by atoms with Crippen LogP contribution in [0.4, 0.5) is 13.2 Å². The van der Waals surface area contributed by atoms with Crippen LogP contribution in [0.1, 0.15) is 34.7 Å². The topological polar surface area (TPSA) is 102 Å². The molecule has 31 heavy (non-hydrogen) atoms. The van der Waals surface area contributed by atoms with Crippen LogP contribution in [0.25, 0.3) is 22.0 Å². The number of ether oxygens (including phenoxy) is 1. The molecule has 0 radical (unpaired) electrons. The molecule has 0 aliphatic carbocycles. The number of halogens is 3. The molecule has 0 bridgehead atoms. The van der Waals surface area contributed by atoms with Gasteiger partial charge in [0, 0.05) is 11.6 Å². The van der Waals surface area contributed by atoms with Gasteiger partial charge < -0.3 is 15.5 Å². The highest BCUT2D eigenvalue weighted by atomic mass is 32.2. The van der Waals surface area contributed by atoms with Crippen LogP contribution < -0.4 is 10.5 Å². The molecular weight excluding hydrogens is 433 g/mol. The lowest BCUT2D eigenvalue weighted by Gasteiger charge is -2.21. The molecule has 3 aromatic rings. The van der Waals surface area contributed by atoms with Gasteiger partial charge in [0.1, 0.15) is 15.6 Å². The van der Waals surface area contributed by atoms with Gasteiger partial charge in [-0.25, -0.2) is 8.42 Å². The number of carbonyl (C=O) groups excluding carboxylic acids is 1. The zero-order chi connectivity index (χ0) is 22.4. The number of benzene rings is 2. The van der Waals surface area contributed by atoms with Gasteiger partial charge in [0.25, 0.3) is 5.91 Å². The van der Waals surface area contributed by atoms with E-state index in [1.54, 1.807) is 18.3 Å². The van der Waals surface area contributed by atoms with E-state index in [2.05, 4.69) is 9.72 Å². The highest BCUT2D eigenvalue weighted by Gasteiger charge is 2.31. The molecule has 1 amide bonds. The summed E-state index contributed by atoms with van der Waals surface area (Å²) in [6.07, 6.45) is -2.16. The minimum atomic E-state index is -4.82. The van der Waals surface area contributed by atoms with Gasteiger partial charge in [-0.05, 0) is 59.7 Å². The molecule has 1 aromatic heterocycles. The molecule has 0 spiro atoms. The fourth-order valence-electron chi connectivity index (χ4n) is 4.03. The average molecular weight is 452 g/mol. The summed E-state index contributed by atoms with van der Waals surface area (Å²) in [4.78, 5) is 15.1. The molecule has 4 rings (SSSR count). The Hall–Kier alpha value is -3.01. The van der Waals surface area contributed by atoms with Crippen molar-refractivity contribution in [2.45, 2.75) is 25.1 Å². The molecule has 1 fully saturated rings. The predicted molar refractivity (Wildman–Crippen MR) is 110 cm³/mol. The van der Waals surface area contributed by atoms with Gasteiger partial charge in [-0.2, -0.15) is 0 Å². The first-order chi connectivity index (χ1) is 14.5. The minimum Gasteiger partial charge on any atom is -0.406 e. The lowest BCUT2D eigenvalue weighted by molar-refractivity contribution is -0.274. The number of hydrogen-bond acceptors (Lipinski definition) is 4. The van der Waals surface area contributed by atoms with Crippen LogP contribution in [0, 0.1) is 0 Å². The highest BCUT2D eigenvalue weighted by molar-refractivity contribution is 7.91. The molecule has 0 atom stereocenters. The van der Waals surface area contributed by atoms with Crippen LogP contribution in [0.2, 0.25) is 0 Å². The van der Waals surface area contributed by atoms with Gasteiger partial charge in [-0.15, -0.1) is 13.2 Å². The molecular formula is C21H19F3N2O4S. The molecule has 2 heterocycles. The third-order valence-corrected chi connectivity index (χ3v) is 7.20. The fourth-order valence-corrected chi connectivity index (χ4v) is 5.52. The van der Waals surface area contributed by atoms with Crippen LogP contribution in [0.3, 0.4) is 0 Å². The number of carbonyl (C=O) groups is 1. The van der Waals surface area contributed by atoms with Crippen LogP contribution in [-0.4, -0.2) is 37.2 Å². The molecule has 2 aromatic carbocycles. The molecule has 1 saturated heterocycles. The van der Waals surface area contributed by atoms with Crippen molar-refractivity contribution in [3.63, 3.8) is 0 Å². The molecule has 6 nitrogen and oxygen atoms in total. The SMILES string of the molecule is NC(=O)c1cc(-c2cccc(OC(F)(F)F)c2)cc2c(C3CCS(=O)(=O)CC3)c[nH]c12. The summed E-state index contributed by atoms with van der Waals surface area (Å²) in [7, 11) is -3.04. The Balaban J connectivity index is 1.80. The van der Waals surface area contributed by atoms with Crippen LogP contribution in [0.5, 0.6) is 5.75 Å². The molecule has 0 saturated carbocycles. The molecule has 0 unspecified atom stereocenters. The second-order valence-electron chi connectivity index (χ2n) is 7.56. The highest BCUT2D eigenvalue weighted by Crippen LogP contribution is 2.38. The van der Waals surface area contributed by atoms with Crippen LogP contribution in [0.15, 0.2) is 42.6 Å². The summed E-state index contributed by atoms with van der Waals surface area (Å²) >= 11 is 0. The average Bonchev–Trinajstić information content (AvgIpc) is 3.10. The summed E-state index contributed by atoms with van der Waals surface area (Å²) < 4.78 is 65.3. The summed E-state index contributed by atoms with van der Waals surface area (Å²) in [5, 5.41) is 0.692. The number of H-pyrrole nitrogens is 1. The van der Waals surface area contributed by atoms with Crippen LogP contribution >= 0.6 is 0 Å². The lowest BCUT2D eigenvalue weighted by Crippen LogP contribution is -2.22. The number of nitrogens with two attached hydrogens (primary N) is 1. The number of sulfone groups is 1. The number of fused-ring (bicyclic) bond motifs is 1. The Kier molecular flexibility index (Phi) is 5.20. The molecule has 164 valence electrons. The smallest absolute Gasteiger partial charge is 0.406 e. The monoisotopic (exact) mass is 452 g/mol. The number of rotatable bonds is 4. The van der Waals surface area contributed by atoms with Crippen molar-refractivity contribution in [1.82, 2.24) is 4.98 Å². The fraction of sp³-hybridized carbons (Fsp3) is 0.286. The third-order valence-electron chi connectivity index (χ3n) is 5.48. The minimum absolute atomic E-state index is 0.0202. The number of nitrogens with one attached hydrogen (secondary N) is 1. The zero-order valence-corrected chi connectivity index (χ0v) is 17.0. The number of aromatic nitrogens is 1. The number of aromatic amines is 1. The number of amides is 1. The van der Waals surface area contributed by atoms with Crippen molar-refractivity contribution < 1.29 is 31.1 Å². The molecule has 1 aliphatic rings. The third kappa shape index (κ3) is 4.53. The predicted octanol–water partition coefficient (Wildman–Crippen LogP) is 4.12. The summed E-state index contributed by atoms with van der Waals surface area (Å²) in [5.41, 5.74) is 8.04. The van der Waals surface area contributed by atoms with Crippen molar-refractivity contribution in [3.8, 4) is 16.9 Å². The van der Waals surface area contributed by atoms with E-state index < -0.39 is 22.1 Å². The molecule has 3 N–H and O–H groups in total. The lowest BCUT2D eigenvalue weighted by atomic mass is 9.91. The second kappa shape index (κ2) is 7.60. The van der Waals surface area contributed by atoms with Crippen molar-refractivity contribution in [2.24, 2.45) is 5.73 Å². The molecule has 1 aliphatic heterocycles. The van der Waals surface area contributed by atoms with Crippen molar-refractivity contribution in [2.75, 3.05) is 11.5 Å². The maximum absolute atomic E-state index is 12.6. The van der Waals surface area contributed by atoms with Gasteiger partial charge in [-0.3, -0.25) is 4.79 Å². The first kappa shape index (κ1) is 21.2. The maximum Gasteiger partial charge on any atom is 0.573 e.